The maximum atomic E-state index is 13.4. The highest BCUT2D eigenvalue weighted by Crippen LogP contribution is 2.28. The lowest BCUT2D eigenvalue weighted by atomic mass is 10.1. The molecule has 0 bridgehead atoms. The van der Waals surface area contributed by atoms with Gasteiger partial charge in [-0.25, -0.2) is 18.5 Å². The van der Waals surface area contributed by atoms with Crippen molar-refractivity contribution in [3.63, 3.8) is 0 Å². The second-order valence-corrected chi connectivity index (χ2v) is 10.2. The Morgan fingerprint density at radius 1 is 0.973 bits per heavy atom. The maximum Gasteiger partial charge on any atom is 0.257 e. The van der Waals surface area contributed by atoms with Gasteiger partial charge in [-0.3, -0.25) is 14.4 Å². The minimum absolute atomic E-state index is 0.0139. The minimum atomic E-state index is -3.82. The Morgan fingerprint density at radius 2 is 1.62 bits per heavy atom. The number of carbonyl (C=O) groups excluding carboxylic acids is 3. The van der Waals surface area contributed by atoms with Crippen molar-refractivity contribution in [3.8, 4) is 5.75 Å². The average Bonchev–Trinajstić information content (AvgIpc) is 3.18. The lowest BCUT2D eigenvalue weighted by molar-refractivity contribution is -0.137. The molecule has 0 aromatic heterocycles. The van der Waals surface area contributed by atoms with Gasteiger partial charge in [-0.2, -0.15) is 0 Å². The van der Waals surface area contributed by atoms with Gasteiger partial charge in [-0.1, -0.05) is 42.5 Å². The van der Waals surface area contributed by atoms with Crippen molar-refractivity contribution >= 4 is 33.4 Å². The molecular weight excluding hydrogens is 494 g/mol. The number of methoxy groups -OCH3 is 1. The molecule has 1 atom stereocenters. The molecule has 1 saturated heterocycles. The number of ether oxygens (including phenoxy) is 1. The van der Waals surface area contributed by atoms with Crippen molar-refractivity contribution < 1.29 is 27.5 Å². The Kier molecular flexibility index (Phi) is 7.70. The van der Waals surface area contributed by atoms with Crippen LogP contribution in [0.3, 0.4) is 0 Å². The van der Waals surface area contributed by atoms with Crippen molar-refractivity contribution in [2.45, 2.75) is 30.2 Å². The van der Waals surface area contributed by atoms with E-state index in [1.54, 1.807) is 36.4 Å². The van der Waals surface area contributed by atoms with Crippen LogP contribution in [0.25, 0.3) is 0 Å². The predicted molar refractivity (Wildman–Crippen MR) is 137 cm³/mol. The van der Waals surface area contributed by atoms with Crippen LogP contribution in [0, 0.1) is 0 Å². The molecule has 0 radical (unpaired) electrons. The average molecular weight is 522 g/mol. The van der Waals surface area contributed by atoms with E-state index in [0.29, 0.717) is 17.9 Å². The fraction of sp³-hybridized carbons (Fsp3) is 0.222. The Balaban J connectivity index is 1.57. The molecule has 3 amide bonds. The molecule has 0 spiro atoms. The van der Waals surface area contributed by atoms with E-state index in [1.165, 1.54) is 24.1 Å². The van der Waals surface area contributed by atoms with Crippen molar-refractivity contribution in [2.75, 3.05) is 18.6 Å². The van der Waals surface area contributed by atoms with Crippen LogP contribution in [0.5, 0.6) is 5.75 Å². The summed E-state index contributed by atoms with van der Waals surface area (Å²) in [5, 5.41) is 5.17. The summed E-state index contributed by atoms with van der Waals surface area (Å²) in [6, 6.07) is 20.8. The largest absolute Gasteiger partial charge is 0.497 e. The smallest absolute Gasteiger partial charge is 0.257 e. The lowest BCUT2D eigenvalue weighted by Gasteiger charge is -2.28. The molecule has 3 aromatic rings. The predicted octanol–water partition coefficient (Wildman–Crippen LogP) is 2.29. The first-order chi connectivity index (χ1) is 17.7. The Bertz CT molecular complexity index is 1390. The molecule has 1 heterocycles. The number of anilines is 1. The van der Waals surface area contributed by atoms with Crippen LogP contribution >= 0.6 is 0 Å². The monoisotopic (exact) mass is 521 g/mol. The minimum Gasteiger partial charge on any atom is -0.497 e. The Hall–Kier alpha value is -4.02. The third-order valence-electron chi connectivity index (χ3n) is 6.24. The number of hydrogen-bond donors (Lipinski definition) is 1. The summed E-state index contributed by atoms with van der Waals surface area (Å²) in [7, 11) is -2.30. The number of amides is 3. The van der Waals surface area contributed by atoms with Crippen LogP contribution in [-0.2, 0) is 37.2 Å². The second-order valence-electron chi connectivity index (χ2n) is 8.67. The Labute approximate surface area is 215 Å². The number of imide groups is 1. The van der Waals surface area contributed by atoms with E-state index < -0.39 is 27.9 Å². The van der Waals surface area contributed by atoms with E-state index in [-0.39, 0.29) is 30.2 Å². The van der Waals surface area contributed by atoms with Gasteiger partial charge in [0.05, 0.1) is 30.5 Å². The van der Waals surface area contributed by atoms with Gasteiger partial charge in [0, 0.05) is 6.54 Å². The highest BCUT2D eigenvalue weighted by molar-refractivity contribution is 7.89. The topological polar surface area (TPSA) is 127 Å². The molecule has 1 aliphatic heterocycles. The van der Waals surface area contributed by atoms with Gasteiger partial charge < -0.3 is 9.64 Å². The number of nitrogens with two attached hydrogens (primary N) is 1. The molecule has 4 rings (SSSR count). The van der Waals surface area contributed by atoms with E-state index >= 15 is 0 Å². The van der Waals surface area contributed by atoms with Gasteiger partial charge >= 0.3 is 0 Å². The first-order valence-corrected chi connectivity index (χ1v) is 13.2. The van der Waals surface area contributed by atoms with E-state index in [0.717, 1.165) is 16.0 Å². The zero-order chi connectivity index (χ0) is 26.6. The number of nitrogens with zero attached hydrogens (tertiary/aromatic N) is 2. The van der Waals surface area contributed by atoms with Crippen LogP contribution in [-0.4, -0.2) is 50.7 Å². The van der Waals surface area contributed by atoms with Crippen LogP contribution in [0.2, 0.25) is 0 Å². The number of primary sulfonamides is 1. The summed E-state index contributed by atoms with van der Waals surface area (Å²) >= 11 is 0. The van der Waals surface area contributed by atoms with Crippen molar-refractivity contribution in [1.82, 2.24) is 4.90 Å². The van der Waals surface area contributed by atoms with Gasteiger partial charge in [-0.15, -0.1) is 0 Å². The molecule has 192 valence electrons. The lowest BCUT2D eigenvalue weighted by Crippen LogP contribution is -2.47. The SMILES string of the molecule is COc1ccc(N2C(=O)CC(N(CCc3ccc(S(N)(=O)=O)cc3)C(=O)Cc3ccccc3)C2=O)cc1. The van der Waals surface area contributed by atoms with Crippen LogP contribution < -0.4 is 14.8 Å². The molecule has 37 heavy (non-hydrogen) atoms. The number of carbonyl (C=O) groups is 3. The van der Waals surface area contributed by atoms with Crippen molar-refractivity contribution in [1.29, 1.82) is 0 Å². The van der Waals surface area contributed by atoms with E-state index in [9.17, 15) is 22.8 Å². The van der Waals surface area contributed by atoms with E-state index in [1.807, 2.05) is 30.3 Å². The molecule has 1 aliphatic rings. The molecule has 2 N–H and O–H groups in total. The highest BCUT2D eigenvalue weighted by atomic mass is 32.2. The van der Waals surface area contributed by atoms with Gasteiger partial charge in [-0.05, 0) is 53.9 Å². The van der Waals surface area contributed by atoms with E-state index in [2.05, 4.69) is 0 Å². The fourth-order valence-corrected chi connectivity index (χ4v) is 4.80. The van der Waals surface area contributed by atoms with Crippen LogP contribution in [0.4, 0.5) is 5.69 Å². The summed E-state index contributed by atoms with van der Waals surface area (Å²) in [5.74, 6) is -0.557. The van der Waals surface area contributed by atoms with E-state index in [4.69, 9.17) is 9.88 Å². The standard InChI is InChI=1S/C27H27N3O6S/c1-36-22-11-9-21(10-12-22)30-26(32)18-24(27(30)33)29(25(31)17-20-5-3-2-4-6-20)16-15-19-7-13-23(14-8-19)37(28,34)35/h2-14,24H,15-18H2,1H3,(H2,28,34,35). The molecule has 9 nitrogen and oxygen atoms in total. The molecule has 1 unspecified atom stereocenters. The summed E-state index contributed by atoms with van der Waals surface area (Å²) in [6.07, 6.45) is 0.299. The first-order valence-electron chi connectivity index (χ1n) is 11.6. The molecule has 10 heteroatoms. The van der Waals surface area contributed by atoms with Gasteiger partial charge in [0.1, 0.15) is 11.8 Å². The number of rotatable bonds is 9. The third-order valence-corrected chi connectivity index (χ3v) is 7.17. The highest BCUT2D eigenvalue weighted by Gasteiger charge is 2.44. The third kappa shape index (κ3) is 6.04. The first kappa shape index (κ1) is 26.1. The molecule has 3 aromatic carbocycles. The quantitative estimate of drug-likeness (QED) is 0.431. The summed E-state index contributed by atoms with van der Waals surface area (Å²) < 4.78 is 28.2. The molecule has 0 aliphatic carbocycles. The number of benzene rings is 3. The normalized spacial score (nSPS) is 15.6. The summed E-state index contributed by atoms with van der Waals surface area (Å²) in [4.78, 5) is 42.3. The van der Waals surface area contributed by atoms with Crippen molar-refractivity contribution in [2.24, 2.45) is 5.14 Å². The van der Waals surface area contributed by atoms with Crippen LogP contribution in [0.15, 0.2) is 83.8 Å². The second kappa shape index (κ2) is 10.9. The van der Waals surface area contributed by atoms with Gasteiger partial charge in [0.2, 0.25) is 21.8 Å². The zero-order valence-corrected chi connectivity index (χ0v) is 21.1. The van der Waals surface area contributed by atoms with Crippen LogP contribution in [0.1, 0.15) is 17.5 Å². The van der Waals surface area contributed by atoms with Gasteiger partial charge in [0.15, 0.2) is 0 Å². The zero-order valence-electron chi connectivity index (χ0n) is 20.2. The number of hydrogen-bond acceptors (Lipinski definition) is 6. The maximum absolute atomic E-state index is 13.4. The Morgan fingerprint density at radius 3 is 2.22 bits per heavy atom. The summed E-state index contributed by atoms with van der Waals surface area (Å²) in [5.41, 5.74) is 1.96. The van der Waals surface area contributed by atoms with Gasteiger partial charge in [0.25, 0.3) is 5.91 Å². The number of sulfonamides is 1. The van der Waals surface area contributed by atoms with Crippen molar-refractivity contribution in [3.05, 3.63) is 90.0 Å². The summed E-state index contributed by atoms with van der Waals surface area (Å²) in [6.45, 7) is 0.167. The fourth-order valence-electron chi connectivity index (χ4n) is 4.28. The molecule has 1 fully saturated rings. The molecular formula is C27H27N3O6S. The molecule has 0 saturated carbocycles.